The Morgan fingerprint density at radius 1 is 1.09 bits per heavy atom. The van der Waals surface area contributed by atoms with Gasteiger partial charge in [0.25, 0.3) is 0 Å². The van der Waals surface area contributed by atoms with Crippen molar-refractivity contribution >= 4 is 21.6 Å². The standard InChI is InChI=1S/C35H36F3NO5S/c1-6-18-34(4,5)44-33(40)23-43-32-17-11-14-29-30(32)15-10-16-31(29)39(22-25-12-8-7-9-13-25)45(41,42)28-20-26(24(2)3)19-27(21-28)35(36,37)38/h1,7-9,11-14,17,19-21,31H,2,10,15-16,18,22-23H2,3-5H3. The molecule has 0 bridgehead atoms. The maximum atomic E-state index is 14.4. The highest BCUT2D eigenvalue weighted by molar-refractivity contribution is 7.89. The van der Waals surface area contributed by atoms with E-state index in [1.165, 1.54) is 17.3 Å². The van der Waals surface area contributed by atoms with Crippen LogP contribution in [0, 0.1) is 12.3 Å². The number of sulfonamides is 1. The maximum absolute atomic E-state index is 14.4. The molecule has 1 unspecified atom stereocenters. The summed E-state index contributed by atoms with van der Waals surface area (Å²) in [4.78, 5) is 12.1. The second-order valence-corrected chi connectivity index (χ2v) is 13.6. The average Bonchev–Trinajstić information content (AvgIpc) is 2.98. The van der Waals surface area contributed by atoms with Crippen LogP contribution in [0.25, 0.3) is 5.57 Å². The van der Waals surface area contributed by atoms with E-state index in [-0.39, 0.29) is 25.1 Å². The number of terminal acetylenes is 1. The normalized spacial score (nSPS) is 15.2. The van der Waals surface area contributed by atoms with E-state index in [1.54, 1.807) is 62.4 Å². The van der Waals surface area contributed by atoms with Gasteiger partial charge in [0.15, 0.2) is 6.61 Å². The second-order valence-electron chi connectivity index (χ2n) is 11.7. The Bertz CT molecular complexity index is 1710. The molecule has 0 N–H and O–H groups in total. The molecule has 6 nitrogen and oxygen atoms in total. The van der Waals surface area contributed by atoms with Gasteiger partial charge in [-0.25, -0.2) is 13.2 Å². The van der Waals surface area contributed by atoms with Crippen LogP contribution in [-0.2, 0) is 38.7 Å². The third-order valence-corrected chi connectivity index (χ3v) is 9.39. The lowest BCUT2D eigenvalue weighted by molar-refractivity contribution is -0.158. The van der Waals surface area contributed by atoms with Crippen molar-refractivity contribution in [3.63, 3.8) is 0 Å². The summed E-state index contributed by atoms with van der Waals surface area (Å²) < 4.78 is 83.1. The summed E-state index contributed by atoms with van der Waals surface area (Å²) in [5, 5.41) is 0. The fourth-order valence-electron chi connectivity index (χ4n) is 5.40. The van der Waals surface area contributed by atoms with Crippen LogP contribution in [0.4, 0.5) is 13.2 Å². The zero-order chi connectivity index (χ0) is 33.0. The highest BCUT2D eigenvalue weighted by Gasteiger charge is 2.38. The summed E-state index contributed by atoms with van der Waals surface area (Å²) >= 11 is 0. The molecule has 1 atom stereocenters. The molecular weight excluding hydrogens is 603 g/mol. The first kappa shape index (κ1) is 33.8. The minimum atomic E-state index is -4.76. The highest BCUT2D eigenvalue weighted by Crippen LogP contribution is 2.42. The van der Waals surface area contributed by atoms with E-state index in [0.717, 1.165) is 11.6 Å². The molecule has 10 heteroatoms. The van der Waals surface area contributed by atoms with Crippen molar-refractivity contribution in [2.24, 2.45) is 0 Å². The van der Waals surface area contributed by atoms with Crippen molar-refractivity contribution in [1.29, 1.82) is 0 Å². The van der Waals surface area contributed by atoms with Gasteiger partial charge in [0, 0.05) is 13.0 Å². The van der Waals surface area contributed by atoms with Gasteiger partial charge in [-0.3, -0.25) is 0 Å². The van der Waals surface area contributed by atoms with E-state index in [1.807, 2.05) is 0 Å². The minimum Gasteiger partial charge on any atom is -0.482 e. The zero-order valence-corrected chi connectivity index (χ0v) is 26.3. The van der Waals surface area contributed by atoms with Gasteiger partial charge in [-0.15, -0.1) is 12.3 Å². The van der Waals surface area contributed by atoms with Crippen molar-refractivity contribution in [3.05, 3.63) is 101 Å². The van der Waals surface area contributed by atoms with Crippen molar-refractivity contribution in [2.45, 2.75) is 75.7 Å². The largest absolute Gasteiger partial charge is 0.482 e. The highest BCUT2D eigenvalue weighted by atomic mass is 32.2. The van der Waals surface area contributed by atoms with Crippen molar-refractivity contribution in [2.75, 3.05) is 6.61 Å². The van der Waals surface area contributed by atoms with E-state index in [0.29, 0.717) is 47.8 Å². The molecule has 3 aromatic carbocycles. The van der Waals surface area contributed by atoms with Gasteiger partial charge < -0.3 is 9.47 Å². The van der Waals surface area contributed by atoms with Gasteiger partial charge in [0.05, 0.1) is 16.5 Å². The molecule has 0 radical (unpaired) electrons. The van der Waals surface area contributed by atoms with E-state index < -0.39 is 44.3 Å². The van der Waals surface area contributed by atoms with Crippen LogP contribution in [0.15, 0.2) is 78.2 Å². The molecule has 0 amide bonds. The van der Waals surface area contributed by atoms with Gasteiger partial charge in [0.2, 0.25) is 10.0 Å². The summed E-state index contributed by atoms with van der Waals surface area (Å²) in [6.45, 7) is 8.21. The second kappa shape index (κ2) is 13.5. The molecular formula is C35H36F3NO5S. The fourth-order valence-corrected chi connectivity index (χ4v) is 7.10. The number of esters is 1. The fraction of sp³-hybridized carbons (Fsp3) is 0.343. The predicted octanol–water partition coefficient (Wildman–Crippen LogP) is 7.73. The summed E-state index contributed by atoms with van der Waals surface area (Å²) in [6.07, 6.45) is 2.39. The third-order valence-electron chi connectivity index (χ3n) is 7.56. The molecule has 0 heterocycles. The summed E-state index contributed by atoms with van der Waals surface area (Å²) in [6, 6.07) is 16.2. The summed E-state index contributed by atoms with van der Waals surface area (Å²) in [5.41, 5.74) is 0.508. The molecule has 0 saturated heterocycles. The monoisotopic (exact) mass is 639 g/mol. The first-order valence-electron chi connectivity index (χ1n) is 14.5. The Kier molecular flexibility index (Phi) is 10.2. The number of halogens is 3. The van der Waals surface area contributed by atoms with Gasteiger partial charge >= 0.3 is 12.1 Å². The third kappa shape index (κ3) is 8.16. The van der Waals surface area contributed by atoms with E-state index in [2.05, 4.69) is 12.5 Å². The molecule has 1 aliphatic rings. The Labute approximate surface area is 262 Å². The SMILES string of the molecule is C#CCC(C)(C)OC(=O)COc1cccc2c1CCCC2N(Cc1ccccc1)S(=O)(=O)c1cc(C(=C)C)cc(C(F)(F)F)c1. The van der Waals surface area contributed by atoms with Gasteiger partial charge in [-0.2, -0.15) is 17.5 Å². The zero-order valence-electron chi connectivity index (χ0n) is 25.5. The number of allylic oxidation sites excluding steroid dienone is 1. The summed E-state index contributed by atoms with van der Waals surface area (Å²) in [7, 11) is -4.48. The molecule has 0 spiro atoms. The quantitative estimate of drug-likeness (QED) is 0.159. The Morgan fingerprint density at radius 2 is 1.80 bits per heavy atom. The topological polar surface area (TPSA) is 72.9 Å². The summed E-state index contributed by atoms with van der Waals surface area (Å²) in [5.74, 6) is 2.27. The average molecular weight is 640 g/mol. The smallest absolute Gasteiger partial charge is 0.416 e. The number of hydrogen-bond donors (Lipinski definition) is 0. The van der Waals surface area contributed by atoms with Gasteiger partial charge in [-0.05, 0) is 86.6 Å². The number of rotatable bonds is 11. The molecule has 1 aliphatic carbocycles. The maximum Gasteiger partial charge on any atom is 0.416 e. The van der Waals surface area contributed by atoms with Crippen LogP contribution in [0.1, 0.15) is 73.9 Å². The molecule has 0 fully saturated rings. The lowest BCUT2D eigenvalue weighted by Crippen LogP contribution is -2.36. The lowest BCUT2D eigenvalue weighted by Gasteiger charge is -2.36. The molecule has 3 aromatic rings. The number of alkyl halides is 3. The van der Waals surface area contributed by atoms with Crippen LogP contribution in [0.3, 0.4) is 0 Å². The molecule has 0 saturated carbocycles. The molecule has 0 aromatic heterocycles. The van der Waals surface area contributed by atoms with Crippen LogP contribution < -0.4 is 4.74 Å². The Balaban J connectivity index is 1.76. The van der Waals surface area contributed by atoms with E-state index in [4.69, 9.17) is 15.9 Å². The number of fused-ring (bicyclic) bond motifs is 1. The number of hydrogen-bond acceptors (Lipinski definition) is 5. The molecule has 4 rings (SSSR count). The van der Waals surface area contributed by atoms with Gasteiger partial charge in [0.1, 0.15) is 11.4 Å². The number of carbonyl (C=O) groups excluding carboxylic acids is 1. The Morgan fingerprint density at radius 3 is 2.44 bits per heavy atom. The first-order chi connectivity index (χ1) is 21.1. The number of carbonyl (C=O) groups is 1. The van der Waals surface area contributed by atoms with Crippen molar-refractivity contribution in [3.8, 4) is 18.1 Å². The van der Waals surface area contributed by atoms with Gasteiger partial charge in [-0.1, -0.05) is 54.6 Å². The van der Waals surface area contributed by atoms with Crippen LogP contribution >= 0.6 is 0 Å². The molecule has 238 valence electrons. The first-order valence-corrected chi connectivity index (χ1v) is 15.9. The molecule has 0 aliphatic heterocycles. The number of nitrogens with zero attached hydrogens (tertiary/aromatic N) is 1. The minimum absolute atomic E-state index is 0.0758. The number of benzene rings is 3. The van der Waals surface area contributed by atoms with E-state index >= 15 is 0 Å². The van der Waals surface area contributed by atoms with E-state index in [9.17, 15) is 26.4 Å². The molecule has 45 heavy (non-hydrogen) atoms. The van der Waals surface area contributed by atoms with Crippen LogP contribution in [0.5, 0.6) is 5.75 Å². The lowest BCUT2D eigenvalue weighted by atomic mass is 9.87. The number of ether oxygens (including phenoxy) is 2. The predicted molar refractivity (Wildman–Crippen MR) is 167 cm³/mol. The van der Waals surface area contributed by atoms with Crippen LogP contribution in [0.2, 0.25) is 0 Å². The van der Waals surface area contributed by atoms with Crippen molar-refractivity contribution < 1.29 is 35.9 Å². The van der Waals surface area contributed by atoms with Crippen molar-refractivity contribution in [1.82, 2.24) is 4.31 Å². The van der Waals surface area contributed by atoms with Crippen LogP contribution in [-0.4, -0.2) is 30.9 Å². The Hall–Kier alpha value is -4.07.